The molecule has 16 aliphatic rings. The Labute approximate surface area is 786 Å². The van der Waals surface area contributed by atoms with Crippen LogP contribution < -0.4 is 5.32 Å². The fraction of sp³-hybridized carbons (Fsp3) is 0.840. The van der Waals surface area contributed by atoms with Crippen LogP contribution in [-0.4, -0.2) is 454 Å². The number of rotatable bonds is 14. The Morgan fingerprint density at radius 3 is 1.17 bits per heavy atom. The van der Waals surface area contributed by atoms with Crippen molar-refractivity contribution in [1.29, 1.82) is 0 Å². The molecule has 4 amide bonds. The summed E-state index contributed by atoms with van der Waals surface area (Å²) in [6, 6.07) is 17.5. The number of likely N-dealkylation sites (N-methyl/N-ethyl adjacent to an activating group) is 1. The highest BCUT2D eigenvalue weighted by atomic mass is 32.1. The van der Waals surface area contributed by atoms with Gasteiger partial charge in [-0.15, -0.1) is 36.8 Å². The van der Waals surface area contributed by atoms with Gasteiger partial charge in [-0.1, -0.05) is 16.4 Å². The number of aryl methyl sites for hydroxylation is 2. The molecule has 0 aromatic carbocycles. The molecule has 37 heteroatoms. The number of nitrogens with one attached hydrogen (secondary N) is 3. The number of carbonyl (C=O) groups is 2. The average Bonchev–Trinajstić information content (AvgIpc) is 1.88. The quantitative estimate of drug-likeness (QED) is 0.0922. The van der Waals surface area contributed by atoms with Gasteiger partial charge in [0, 0.05) is 112 Å². The van der Waals surface area contributed by atoms with Crippen molar-refractivity contribution in [2.24, 2.45) is 14.1 Å². The molecule has 730 valence electrons. The summed E-state index contributed by atoms with van der Waals surface area (Å²) in [4.78, 5) is 67.3. The summed E-state index contributed by atoms with van der Waals surface area (Å²) in [5.74, 6) is 2.82. The lowest BCUT2D eigenvalue weighted by Crippen LogP contribution is -2.45. The van der Waals surface area contributed by atoms with Crippen molar-refractivity contribution < 1.29 is 14.1 Å². The van der Waals surface area contributed by atoms with Crippen molar-refractivity contribution in [3.05, 3.63) is 75.8 Å². The molecular weight excluding hydrogens is 1670 g/mol. The molecule has 3 N–H and O–H groups in total. The van der Waals surface area contributed by atoms with Crippen molar-refractivity contribution in [1.82, 2.24) is 165 Å². The van der Waals surface area contributed by atoms with E-state index in [0.717, 1.165) is 125 Å². The first kappa shape index (κ1) is 98.8. The number of nitrogens with zero attached hydrogens (tertiary/aromatic N) is 30. The molecule has 16 fully saturated rings. The molecule has 0 saturated carbocycles. The zero-order chi connectivity index (χ0) is 91.1. The third-order valence-electron chi connectivity index (χ3n) is 32.1. The van der Waals surface area contributed by atoms with Crippen LogP contribution in [0.1, 0.15) is 250 Å². The van der Waals surface area contributed by atoms with Crippen molar-refractivity contribution in [2.75, 3.05) is 234 Å². The number of tetrazole rings is 3. The monoisotopic (exact) mass is 1840 g/mol. The molecule has 22 rings (SSSR count). The number of hydrogen-bond acceptors (Lipinski definition) is 29. The van der Waals surface area contributed by atoms with Crippen molar-refractivity contribution >= 4 is 23.4 Å². The number of H-pyrrole nitrogens is 2. The summed E-state index contributed by atoms with van der Waals surface area (Å²) in [5.41, 5.74) is 2.43. The maximum Gasteiger partial charge on any atom is 0.320 e. The molecular formula is C94H165N33O3S. The number of urea groups is 2. The lowest BCUT2D eigenvalue weighted by atomic mass is 10.0. The average molecular weight is 1840 g/mol. The third-order valence-corrected chi connectivity index (χ3v) is 33.1. The largest absolute Gasteiger partial charge is 0.364 e. The first-order chi connectivity index (χ1) is 63.8. The smallest absolute Gasteiger partial charge is 0.320 e. The van der Waals surface area contributed by atoms with Gasteiger partial charge in [0.25, 0.3) is 0 Å². The molecule has 6 atom stereocenters. The van der Waals surface area contributed by atoms with Gasteiger partial charge in [-0.3, -0.25) is 34.5 Å². The van der Waals surface area contributed by atoms with Crippen LogP contribution in [0.25, 0.3) is 0 Å². The molecule has 6 aromatic rings. The second kappa shape index (κ2) is 49.4. The van der Waals surface area contributed by atoms with Gasteiger partial charge in [-0.2, -0.15) is 15.1 Å². The van der Waals surface area contributed by atoms with Crippen molar-refractivity contribution in [2.45, 2.75) is 264 Å². The van der Waals surface area contributed by atoms with Crippen LogP contribution in [0.4, 0.5) is 9.59 Å². The summed E-state index contributed by atoms with van der Waals surface area (Å²) in [7, 11) is 23.3. The predicted octanol–water partition coefficient (Wildman–Crippen LogP) is 8.39. The summed E-state index contributed by atoms with van der Waals surface area (Å²) in [5, 5.41) is 55.6. The number of likely N-dealkylation sites (tertiary alicyclic amines) is 14. The van der Waals surface area contributed by atoms with Gasteiger partial charge >= 0.3 is 12.1 Å². The van der Waals surface area contributed by atoms with Gasteiger partial charge in [0.1, 0.15) is 12.0 Å². The van der Waals surface area contributed by atoms with E-state index in [-0.39, 0.29) is 12.1 Å². The molecule has 0 radical (unpaired) electrons. The molecule has 131 heavy (non-hydrogen) atoms. The number of amides is 4. The van der Waals surface area contributed by atoms with E-state index in [4.69, 9.17) is 4.52 Å². The fourth-order valence-corrected chi connectivity index (χ4v) is 25.0. The Morgan fingerprint density at radius 1 is 0.382 bits per heavy atom. The summed E-state index contributed by atoms with van der Waals surface area (Å²) in [6.45, 7) is 30.2. The minimum atomic E-state index is 0.134. The molecule has 22 heterocycles. The maximum absolute atomic E-state index is 11.7. The highest BCUT2D eigenvalue weighted by Gasteiger charge is 2.43. The van der Waals surface area contributed by atoms with Gasteiger partial charge in [-0.05, 0) is 413 Å². The molecule has 0 aliphatic carbocycles. The zero-order valence-electron chi connectivity index (χ0n) is 81.9. The summed E-state index contributed by atoms with van der Waals surface area (Å²) < 4.78 is 6.83. The molecule has 5 unspecified atom stereocenters. The molecule has 6 aromatic heterocycles. The van der Waals surface area contributed by atoms with E-state index < -0.39 is 0 Å². The Balaban J connectivity index is 0.000000115. The minimum Gasteiger partial charge on any atom is -0.364 e. The fourth-order valence-electron chi connectivity index (χ4n) is 24.1. The number of carbonyl (C=O) groups excluding carboxylic acids is 2. The minimum absolute atomic E-state index is 0.134. The lowest BCUT2D eigenvalue weighted by Gasteiger charge is -2.38. The van der Waals surface area contributed by atoms with Gasteiger partial charge in [0.15, 0.2) is 17.5 Å². The van der Waals surface area contributed by atoms with E-state index in [1.165, 1.54) is 278 Å². The number of aromatic nitrogens is 15. The van der Waals surface area contributed by atoms with Crippen LogP contribution in [0.3, 0.4) is 0 Å². The van der Waals surface area contributed by atoms with Gasteiger partial charge in [-0.25, -0.2) is 14.3 Å². The van der Waals surface area contributed by atoms with Gasteiger partial charge in [0.2, 0.25) is 0 Å². The number of aromatic amines is 2. The summed E-state index contributed by atoms with van der Waals surface area (Å²) >= 11 is 1.94. The Kier molecular flexibility index (Phi) is 37.2. The number of thiophene rings is 1. The lowest BCUT2D eigenvalue weighted by molar-refractivity contribution is 0.105. The van der Waals surface area contributed by atoms with Crippen LogP contribution >= 0.6 is 11.3 Å². The van der Waals surface area contributed by atoms with Gasteiger partial charge < -0.3 is 63.7 Å². The highest BCUT2D eigenvalue weighted by Crippen LogP contribution is 2.42. The second-order valence-electron chi connectivity index (χ2n) is 41.0. The molecule has 16 aliphatic heterocycles. The van der Waals surface area contributed by atoms with E-state index in [1.54, 1.807) is 15.9 Å². The third kappa shape index (κ3) is 27.0. The van der Waals surface area contributed by atoms with Crippen LogP contribution in [-0.2, 0) is 14.1 Å². The second-order valence-corrected chi connectivity index (χ2v) is 42.0. The highest BCUT2D eigenvalue weighted by molar-refractivity contribution is 7.10. The molecule has 36 nitrogen and oxygen atoms in total. The topological polar surface area (TPSA) is 298 Å². The predicted molar refractivity (Wildman–Crippen MR) is 512 cm³/mol. The SMILES string of the molecule is CN1CCC(N2CCCC2c2ccn[nH]2)CC1.CN1CCC(N2CCCC2c2ccon2)CC1.CN1CCC(N2CCCC2c2nn[nH]n2)CC1.CN1CCC(N2CCCC2c2nnn(C)n2)CC1.CN1CCC(N2CCCC2c2nnnn2C)CC1.CN1CCC(N2CCC[C@@H]2c2cccs2)CC1.CN1CCC(N2CCN(C)C2=O)CC1.CN1CCC(N2CCNC2=O)CC1. The van der Waals surface area contributed by atoms with E-state index in [9.17, 15) is 9.59 Å². The Bertz CT molecular complexity index is 3870. The first-order valence-electron chi connectivity index (χ1n) is 51.0. The standard InChI is InChI=1S/C14H22N2S.C13H22N4.C13H21N3O.2C12H22N6.C11H20N6.C10H19N3O.C9H17N3O/c1-15-9-6-12(7-10-15)16-8-2-4-13(16)14-5-3-11-17-14;1-16-9-5-11(6-10-16)17-8-2-3-13(17)12-4-7-14-15-12;1-15-8-4-11(5-9-15)16-7-2-3-13(16)12-6-10-17-14-12;1-16-8-5-10(6-9-16)18-7-3-4-11(18)12-13-14-15-17(12)2;1-16-8-5-10(6-9-16)18-7-3-4-11(18)12-13-15-17(2)14-12;1-16-7-4-9(5-8-16)17-6-2-3-10(17)11-12-14-15-13-11;1-11-5-3-9(4-6-11)13-8-7-12(2)10(13)14;1-11-5-2-8(3-6-11)12-7-4-10-9(12)13/h3,5,11-13H,2,4,6-10H2,1H3;4,7,11,13H,2-3,5-6,8-10H2,1H3,(H,14,15);6,10-11,13H,2-5,7-9H2,1H3;2*10-11H,3-9H2,1-2H3;9-10H,2-8H2,1H3,(H,12,13,14,15);9H,3-8H2,1-2H3;8H,2-7H2,1H3,(H,10,13)/t13-;;;;;;;/m1......./s1. The Hall–Kier alpha value is -6.69. The molecule has 16 saturated heterocycles. The van der Waals surface area contributed by atoms with Crippen LogP contribution in [0.5, 0.6) is 0 Å². The summed E-state index contributed by atoms with van der Waals surface area (Å²) in [6.07, 6.45) is 38.9. The molecule has 0 bridgehead atoms. The van der Waals surface area contributed by atoms with E-state index in [0.29, 0.717) is 60.4 Å². The first-order valence-corrected chi connectivity index (χ1v) is 51.9. The van der Waals surface area contributed by atoms with Crippen LogP contribution in [0.15, 0.2) is 46.6 Å². The van der Waals surface area contributed by atoms with Crippen molar-refractivity contribution in [3.8, 4) is 0 Å². The maximum atomic E-state index is 11.7. The normalized spacial score (nSPS) is 28.1. The Morgan fingerprint density at radius 2 is 0.794 bits per heavy atom. The van der Waals surface area contributed by atoms with Crippen LogP contribution in [0.2, 0.25) is 0 Å². The number of hydrogen-bond donors (Lipinski definition) is 3. The molecule has 0 spiro atoms. The van der Waals surface area contributed by atoms with Crippen LogP contribution in [0, 0.1) is 0 Å². The van der Waals surface area contributed by atoms with Crippen molar-refractivity contribution in [3.63, 3.8) is 0 Å². The van der Waals surface area contributed by atoms with E-state index >= 15 is 0 Å². The number of piperidine rings is 8. The van der Waals surface area contributed by atoms with E-state index in [2.05, 4.69) is 221 Å². The van der Waals surface area contributed by atoms with E-state index in [1.807, 2.05) is 64.1 Å². The van der Waals surface area contributed by atoms with Gasteiger partial charge in [0.05, 0.1) is 43.0 Å². The zero-order valence-corrected chi connectivity index (χ0v) is 82.7.